The highest BCUT2D eigenvalue weighted by Crippen LogP contribution is 2.04. The lowest BCUT2D eigenvalue weighted by Crippen LogP contribution is -2.32. The normalized spacial score (nSPS) is 11.9. The molecule has 0 spiro atoms. The second-order valence-electron chi connectivity index (χ2n) is 4.45. The second-order valence-corrected chi connectivity index (χ2v) is 4.45. The number of hydrogen-bond donors (Lipinski definition) is 1. The summed E-state index contributed by atoms with van der Waals surface area (Å²) in [7, 11) is 0. The summed E-state index contributed by atoms with van der Waals surface area (Å²) >= 11 is 0. The number of carbonyl (C=O) groups excluding carboxylic acids is 1. The van der Waals surface area contributed by atoms with Crippen LogP contribution in [-0.2, 0) is 11.3 Å². The van der Waals surface area contributed by atoms with Gasteiger partial charge >= 0.3 is 6.09 Å². The van der Waals surface area contributed by atoms with Crippen molar-refractivity contribution in [2.45, 2.75) is 45.8 Å². The highest BCUT2D eigenvalue weighted by Gasteiger charge is 2.07. The molecule has 0 aliphatic rings. The predicted molar refractivity (Wildman–Crippen MR) is 73.0 cm³/mol. The predicted octanol–water partition coefficient (Wildman–Crippen LogP) is 3.70. The molecule has 0 aliphatic carbocycles. The van der Waals surface area contributed by atoms with Gasteiger partial charge in [0.1, 0.15) is 6.61 Å². The van der Waals surface area contributed by atoms with Crippen LogP contribution in [0.4, 0.5) is 4.79 Å². The topological polar surface area (TPSA) is 38.3 Å². The molecular weight excluding hydrogens is 226 g/mol. The quantitative estimate of drug-likeness (QED) is 0.747. The number of unbranched alkanes of at least 4 members (excludes halogenated alkanes) is 2. The monoisotopic (exact) mass is 248 g/mol. The summed E-state index contributed by atoms with van der Waals surface area (Å²) in [6.45, 7) is 4.37. The minimum Gasteiger partial charge on any atom is -0.445 e. The van der Waals surface area contributed by atoms with Crippen molar-refractivity contribution in [1.82, 2.24) is 5.32 Å². The van der Waals surface area contributed by atoms with E-state index in [9.17, 15) is 4.79 Å². The Morgan fingerprint density at radius 1 is 1.39 bits per heavy atom. The van der Waals surface area contributed by atoms with E-state index in [1.165, 1.54) is 0 Å². The first-order valence-corrected chi connectivity index (χ1v) is 6.47. The van der Waals surface area contributed by atoms with Crippen molar-refractivity contribution < 1.29 is 9.53 Å². The van der Waals surface area contributed by atoms with E-state index in [1.54, 1.807) is 0 Å². The third kappa shape index (κ3) is 6.28. The molecule has 3 nitrogen and oxygen atoms in total. The summed E-state index contributed by atoms with van der Waals surface area (Å²) in [5, 5.41) is 2.83. The number of benzene rings is 1. The molecule has 18 heavy (non-hydrogen) atoms. The van der Waals surface area contributed by atoms with E-state index >= 15 is 0 Å². The maximum absolute atomic E-state index is 11.5. The maximum Gasteiger partial charge on any atom is 0.407 e. The van der Waals surface area contributed by atoms with Gasteiger partial charge in [-0.15, -0.1) is 0 Å². The molecule has 1 amide bonds. The lowest BCUT2D eigenvalue weighted by Gasteiger charge is -2.13. The molecule has 0 heterocycles. The summed E-state index contributed by atoms with van der Waals surface area (Å²) in [5.74, 6) is 0. The van der Waals surface area contributed by atoms with Crippen LogP contribution in [0, 0.1) is 6.42 Å². The minimum atomic E-state index is -0.341. The molecule has 0 bridgehead atoms. The lowest BCUT2D eigenvalue weighted by atomic mass is 10.1. The zero-order valence-corrected chi connectivity index (χ0v) is 11.2. The molecule has 1 unspecified atom stereocenters. The standard InChI is InChI=1S/C15H22NO2/c1-3-4-6-9-13(2)16-15(17)18-12-14-10-7-5-8-11-14/h3,5,7-8,10-11,13H,4,6,9,12H2,1-2H3,(H,16,17). The number of nitrogens with one attached hydrogen (secondary N) is 1. The number of alkyl carbamates (subject to hydrolysis) is 1. The highest BCUT2D eigenvalue weighted by molar-refractivity contribution is 5.67. The van der Waals surface area contributed by atoms with Crippen LogP contribution in [-0.4, -0.2) is 12.1 Å². The van der Waals surface area contributed by atoms with Gasteiger partial charge in [-0.2, -0.15) is 0 Å². The maximum atomic E-state index is 11.5. The van der Waals surface area contributed by atoms with Gasteiger partial charge in [-0.1, -0.05) is 50.1 Å². The van der Waals surface area contributed by atoms with E-state index in [1.807, 2.05) is 44.2 Å². The fourth-order valence-electron chi connectivity index (χ4n) is 1.67. The molecule has 1 aromatic rings. The van der Waals surface area contributed by atoms with Gasteiger partial charge in [0.2, 0.25) is 0 Å². The Labute approximate surface area is 110 Å². The van der Waals surface area contributed by atoms with Crippen molar-refractivity contribution in [2.24, 2.45) is 0 Å². The van der Waals surface area contributed by atoms with Crippen LogP contribution < -0.4 is 5.32 Å². The summed E-state index contributed by atoms with van der Waals surface area (Å²) in [4.78, 5) is 11.5. The molecule has 1 rings (SSSR count). The molecule has 0 aliphatic heterocycles. The Balaban J connectivity index is 2.17. The Bertz CT molecular complexity index is 338. The first kappa shape index (κ1) is 14.6. The van der Waals surface area contributed by atoms with Gasteiger partial charge in [0.15, 0.2) is 0 Å². The number of hydrogen-bond acceptors (Lipinski definition) is 2. The van der Waals surface area contributed by atoms with Gasteiger partial charge in [-0.05, 0) is 25.3 Å². The average Bonchev–Trinajstić information content (AvgIpc) is 2.38. The summed E-state index contributed by atoms with van der Waals surface area (Å²) in [6, 6.07) is 9.84. The van der Waals surface area contributed by atoms with Crippen molar-refractivity contribution in [1.29, 1.82) is 0 Å². The third-order valence-corrected chi connectivity index (χ3v) is 2.71. The van der Waals surface area contributed by atoms with Crippen molar-refractivity contribution in [3.05, 3.63) is 42.3 Å². The molecule has 0 fully saturated rings. The largest absolute Gasteiger partial charge is 0.445 e. The molecule has 1 aromatic carbocycles. The molecule has 1 N–H and O–H groups in total. The Kier molecular flexibility index (Phi) is 6.92. The highest BCUT2D eigenvalue weighted by atomic mass is 16.5. The molecule has 0 saturated heterocycles. The first-order chi connectivity index (χ1) is 8.72. The van der Waals surface area contributed by atoms with Crippen molar-refractivity contribution in [3.63, 3.8) is 0 Å². The molecular formula is C15H22NO2. The number of rotatable bonds is 7. The fourth-order valence-corrected chi connectivity index (χ4v) is 1.67. The molecule has 0 saturated carbocycles. The van der Waals surface area contributed by atoms with Crippen LogP contribution in [0.1, 0.15) is 38.7 Å². The zero-order valence-electron chi connectivity index (χ0n) is 11.2. The van der Waals surface area contributed by atoms with E-state index in [-0.39, 0.29) is 12.1 Å². The SMILES string of the molecule is C[CH]CCCC(C)NC(=O)OCc1ccccc1. The Morgan fingerprint density at radius 2 is 2.11 bits per heavy atom. The van der Waals surface area contributed by atoms with E-state index in [0.717, 1.165) is 24.8 Å². The molecule has 0 aromatic heterocycles. The lowest BCUT2D eigenvalue weighted by molar-refractivity contribution is 0.136. The second kappa shape index (κ2) is 8.56. The first-order valence-electron chi connectivity index (χ1n) is 6.47. The number of carbonyl (C=O) groups is 1. The zero-order chi connectivity index (χ0) is 13.2. The van der Waals surface area contributed by atoms with Crippen LogP contribution in [0.15, 0.2) is 30.3 Å². The van der Waals surface area contributed by atoms with Crippen LogP contribution in [0.2, 0.25) is 0 Å². The Hall–Kier alpha value is -1.51. The molecule has 99 valence electrons. The summed E-state index contributed by atoms with van der Waals surface area (Å²) in [6.07, 6.45) is 4.96. The van der Waals surface area contributed by atoms with Crippen molar-refractivity contribution in [3.8, 4) is 0 Å². The van der Waals surface area contributed by atoms with Crippen LogP contribution in [0.3, 0.4) is 0 Å². The number of ether oxygens (including phenoxy) is 1. The van der Waals surface area contributed by atoms with E-state index in [2.05, 4.69) is 11.7 Å². The smallest absolute Gasteiger partial charge is 0.407 e. The van der Waals surface area contributed by atoms with E-state index < -0.39 is 0 Å². The van der Waals surface area contributed by atoms with Crippen LogP contribution in [0.25, 0.3) is 0 Å². The molecule has 3 heteroatoms. The summed E-state index contributed by atoms with van der Waals surface area (Å²) < 4.78 is 5.15. The molecule has 1 radical (unpaired) electrons. The number of amides is 1. The van der Waals surface area contributed by atoms with Gasteiger partial charge < -0.3 is 10.1 Å². The van der Waals surface area contributed by atoms with Gasteiger partial charge in [-0.3, -0.25) is 0 Å². The molecule has 1 atom stereocenters. The summed E-state index contributed by atoms with van der Waals surface area (Å²) in [5.41, 5.74) is 1.00. The van der Waals surface area contributed by atoms with Crippen molar-refractivity contribution >= 4 is 6.09 Å². The third-order valence-electron chi connectivity index (χ3n) is 2.71. The van der Waals surface area contributed by atoms with Gasteiger partial charge in [-0.25, -0.2) is 4.79 Å². The van der Waals surface area contributed by atoms with E-state index in [0.29, 0.717) is 6.61 Å². The van der Waals surface area contributed by atoms with Gasteiger partial charge in [0.05, 0.1) is 0 Å². The van der Waals surface area contributed by atoms with Crippen molar-refractivity contribution in [2.75, 3.05) is 0 Å². The van der Waals surface area contributed by atoms with Gasteiger partial charge in [0.25, 0.3) is 0 Å². The van der Waals surface area contributed by atoms with Gasteiger partial charge in [0, 0.05) is 6.04 Å². The average molecular weight is 248 g/mol. The van der Waals surface area contributed by atoms with E-state index in [4.69, 9.17) is 4.74 Å². The minimum absolute atomic E-state index is 0.160. The fraction of sp³-hybridized carbons (Fsp3) is 0.467. The Morgan fingerprint density at radius 3 is 2.78 bits per heavy atom. The van der Waals surface area contributed by atoms with Crippen LogP contribution in [0.5, 0.6) is 0 Å². The van der Waals surface area contributed by atoms with Crippen LogP contribution >= 0.6 is 0 Å².